The molecule has 0 aliphatic heterocycles. The maximum absolute atomic E-state index is 5.25. The third-order valence-electron chi connectivity index (χ3n) is 3.20. The molecule has 94 valence electrons. The van der Waals surface area contributed by atoms with Crippen LogP contribution in [-0.4, -0.2) is 9.97 Å². The first-order valence-corrected chi connectivity index (χ1v) is 6.57. The van der Waals surface area contributed by atoms with Gasteiger partial charge in [-0.05, 0) is 31.0 Å². The highest BCUT2D eigenvalue weighted by Crippen LogP contribution is 2.24. The Balaban J connectivity index is 2.64. The molecule has 1 heterocycles. The number of hydrogen-bond acceptors (Lipinski definition) is 2. The number of aryl methyl sites for hydroxylation is 1. The molecule has 0 radical (unpaired) electrons. The molecule has 0 unspecified atom stereocenters. The van der Waals surface area contributed by atoms with Gasteiger partial charge in [0, 0.05) is 17.2 Å². The Morgan fingerprint density at radius 3 is 2.61 bits per heavy atom. The minimum atomic E-state index is 0.344. The van der Waals surface area contributed by atoms with Crippen LogP contribution < -0.4 is 0 Å². The van der Waals surface area contributed by atoms with Gasteiger partial charge in [-0.25, -0.2) is 4.98 Å². The van der Waals surface area contributed by atoms with E-state index in [0.717, 1.165) is 11.5 Å². The fraction of sp³-hybridized carbons (Fsp3) is 0.333. The molecule has 1 N–H and O–H groups in total. The standard InChI is InChI=1S/C15H18N2S/c1-9(2)15-16-13(8-14(18)17-15)12-7-5-6-10(3)11(12)4/h5-9H,1-4H3,(H,16,17,18). The van der Waals surface area contributed by atoms with Gasteiger partial charge in [-0.2, -0.15) is 0 Å². The quantitative estimate of drug-likeness (QED) is 0.801. The van der Waals surface area contributed by atoms with Gasteiger partial charge in [0.15, 0.2) is 0 Å². The summed E-state index contributed by atoms with van der Waals surface area (Å²) in [6.07, 6.45) is 0. The molecule has 0 fully saturated rings. The van der Waals surface area contributed by atoms with E-state index in [1.807, 2.05) is 6.07 Å². The van der Waals surface area contributed by atoms with Crippen molar-refractivity contribution in [1.29, 1.82) is 0 Å². The Morgan fingerprint density at radius 2 is 1.94 bits per heavy atom. The van der Waals surface area contributed by atoms with Crippen molar-refractivity contribution in [2.75, 3.05) is 0 Å². The molecule has 0 bridgehead atoms. The Bertz CT molecular complexity index is 627. The Morgan fingerprint density at radius 1 is 1.22 bits per heavy atom. The second-order valence-corrected chi connectivity index (χ2v) is 5.34. The molecule has 2 aromatic rings. The summed E-state index contributed by atoms with van der Waals surface area (Å²) < 4.78 is 0.647. The van der Waals surface area contributed by atoms with Crippen LogP contribution >= 0.6 is 12.2 Å². The van der Waals surface area contributed by atoms with Gasteiger partial charge in [0.05, 0.1) is 0 Å². The van der Waals surface area contributed by atoms with Crippen LogP contribution in [0.5, 0.6) is 0 Å². The summed E-state index contributed by atoms with van der Waals surface area (Å²) in [5, 5.41) is 0. The highest BCUT2D eigenvalue weighted by Gasteiger charge is 2.08. The number of aromatic amines is 1. The molecule has 18 heavy (non-hydrogen) atoms. The van der Waals surface area contributed by atoms with Crippen molar-refractivity contribution in [3.05, 3.63) is 45.9 Å². The lowest BCUT2D eigenvalue weighted by molar-refractivity contribution is 0.773. The van der Waals surface area contributed by atoms with Crippen molar-refractivity contribution in [2.45, 2.75) is 33.6 Å². The van der Waals surface area contributed by atoms with Gasteiger partial charge in [0.2, 0.25) is 0 Å². The SMILES string of the molecule is Cc1cccc(-c2cc(=S)nc(C(C)C)[nH]2)c1C. The van der Waals surface area contributed by atoms with Crippen LogP contribution in [0, 0.1) is 18.5 Å². The van der Waals surface area contributed by atoms with E-state index in [0.29, 0.717) is 10.6 Å². The van der Waals surface area contributed by atoms with Crippen molar-refractivity contribution in [3.63, 3.8) is 0 Å². The largest absolute Gasteiger partial charge is 0.343 e. The molecule has 0 spiro atoms. The summed E-state index contributed by atoms with van der Waals surface area (Å²) in [6.45, 7) is 8.48. The second kappa shape index (κ2) is 5.02. The van der Waals surface area contributed by atoms with E-state index in [-0.39, 0.29) is 0 Å². The molecule has 0 aliphatic rings. The molecule has 0 saturated heterocycles. The molecule has 2 rings (SSSR count). The molecule has 1 aromatic carbocycles. The minimum absolute atomic E-state index is 0.344. The molecular weight excluding hydrogens is 240 g/mol. The number of H-pyrrole nitrogens is 1. The smallest absolute Gasteiger partial charge is 0.130 e. The van der Waals surface area contributed by atoms with Crippen LogP contribution in [0.25, 0.3) is 11.3 Å². The normalized spacial score (nSPS) is 10.9. The molecule has 0 amide bonds. The first-order valence-electron chi connectivity index (χ1n) is 6.17. The Labute approximate surface area is 113 Å². The van der Waals surface area contributed by atoms with E-state index in [2.05, 4.69) is 55.9 Å². The number of nitrogens with zero attached hydrogens (tertiary/aromatic N) is 1. The van der Waals surface area contributed by atoms with Gasteiger partial charge in [-0.15, -0.1) is 0 Å². The maximum atomic E-state index is 5.25. The zero-order valence-electron chi connectivity index (χ0n) is 11.2. The van der Waals surface area contributed by atoms with Crippen LogP contribution in [0.2, 0.25) is 0 Å². The summed E-state index contributed by atoms with van der Waals surface area (Å²) in [5.74, 6) is 1.29. The summed E-state index contributed by atoms with van der Waals surface area (Å²) in [7, 11) is 0. The average Bonchev–Trinajstić information content (AvgIpc) is 2.31. The predicted octanol–water partition coefficient (Wildman–Crippen LogP) is 4.55. The lowest BCUT2D eigenvalue weighted by atomic mass is 10.0. The summed E-state index contributed by atoms with van der Waals surface area (Å²) in [6, 6.07) is 8.25. The lowest BCUT2D eigenvalue weighted by Crippen LogP contribution is -2.00. The fourth-order valence-corrected chi connectivity index (χ4v) is 2.15. The van der Waals surface area contributed by atoms with Crippen LogP contribution in [0.1, 0.15) is 36.7 Å². The highest BCUT2D eigenvalue weighted by atomic mass is 32.1. The molecular formula is C15H18N2S. The highest BCUT2D eigenvalue weighted by molar-refractivity contribution is 7.71. The minimum Gasteiger partial charge on any atom is -0.343 e. The van der Waals surface area contributed by atoms with Crippen molar-refractivity contribution in [3.8, 4) is 11.3 Å². The van der Waals surface area contributed by atoms with Crippen molar-refractivity contribution in [2.24, 2.45) is 0 Å². The van der Waals surface area contributed by atoms with Crippen LogP contribution in [0.4, 0.5) is 0 Å². The number of rotatable bonds is 2. The van der Waals surface area contributed by atoms with Crippen molar-refractivity contribution >= 4 is 12.2 Å². The van der Waals surface area contributed by atoms with Gasteiger partial charge in [-0.3, -0.25) is 0 Å². The molecule has 2 nitrogen and oxygen atoms in total. The average molecular weight is 258 g/mol. The third kappa shape index (κ3) is 2.51. The van der Waals surface area contributed by atoms with Crippen molar-refractivity contribution in [1.82, 2.24) is 9.97 Å². The van der Waals surface area contributed by atoms with Crippen LogP contribution in [0.15, 0.2) is 24.3 Å². The molecule has 1 aromatic heterocycles. The topological polar surface area (TPSA) is 28.7 Å². The third-order valence-corrected chi connectivity index (χ3v) is 3.41. The fourth-order valence-electron chi connectivity index (χ4n) is 1.94. The van der Waals surface area contributed by atoms with E-state index in [4.69, 9.17) is 12.2 Å². The number of nitrogens with one attached hydrogen (secondary N) is 1. The van der Waals surface area contributed by atoms with E-state index in [1.54, 1.807) is 0 Å². The Hall–Kier alpha value is -1.48. The molecule has 0 aliphatic carbocycles. The first kappa shape index (κ1) is 13.0. The van der Waals surface area contributed by atoms with E-state index in [1.165, 1.54) is 16.7 Å². The number of hydrogen-bond donors (Lipinski definition) is 1. The number of benzene rings is 1. The number of aromatic nitrogens is 2. The zero-order valence-corrected chi connectivity index (χ0v) is 12.1. The van der Waals surface area contributed by atoms with Gasteiger partial charge >= 0.3 is 0 Å². The van der Waals surface area contributed by atoms with E-state index >= 15 is 0 Å². The van der Waals surface area contributed by atoms with Gasteiger partial charge in [0.1, 0.15) is 10.5 Å². The summed E-state index contributed by atoms with van der Waals surface area (Å²) >= 11 is 5.25. The van der Waals surface area contributed by atoms with Crippen LogP contribution in [-0.2, 0) is 0 Å². The first-order chi connectivity index (χ1) is 8.49. The van der Waals surface area contributed by atoms with E-state index < -0.39 is 0 Å². The monoisotopic (exact) mass is 258 g/mol. The summed E-state index contributed by atoms with van der Waals surface area (Å²) in [5.41, 5.74) is 4.82. The predicted molar refractivity (Wildman–Crippen MR) is 78.4 cm³/mol. The molecule has 0 saturated carbocycles. The van der Waals surface area contributed by atoms with Crippen molar-refractivity contribution < 1.29 is 0 Å². The second-order valence-electron chi connectivity index (χ2n) is 4.92. The van der Waals surface area contributed by atoms with Crippen LogP contribution in [0.3, 0.4) is 0 Å². The van der Waals surface area contributed by atoms with Gasteiger partial charge in [0.25, 0.3) is 0 Å². The maximum Gasteiger partial charge on any atom is 0.130 e. The Kier molecular flexibility index (Phi) is 3.62. The zero-order chi connectivity index (χ0) is 13.3. The lowest BCUT2D eigenvalue weighted by Gasteiger charge is -2.11. The molecule has 3 heteroatoms. The molecule has 0 atom stereocenters. The summed E-state index contributed by atoms with van der Waals surface area (Å²) in [4.78, 5) is 7.76. The van der Waals surface area contributed by atoms with Gasteiger partial charge < -0.3 is 4.98 Å². The van der Waals surface area contributed by atoms with E-state index in [9.17, 15) is 0 Å². The van der Waals surface area contributed by atoms with Gasteiger partial charge in [-0.1, -0.05) is 44.3 Å².